The fourth-order valence-corrected chi connectivity index (χ4v) is 4.65. The Balaban J connectivity index is 1.64. The Morgan fingerprint density at radius 3 is 2.62 bits per heavy atom. The summed E-state index contributed by atoms with van der Waals surface area (Å²) in [5.74, 6) is -0.364. The number of hydrogen-bond acceptors (Lipinski definition) is 4. The molecule has 4 N–H and O–H groups in total. The molecule has 0 aromatic heterocycles. The summed E-state index contributed by atoms with van der Waals surface area (Å²) in [5, 5.41) is 6.24. The van der Waals surface area contributed by atoms with E-state index in [0.717, 1.165) is 21.8 Å². The van der Waals surface area contributed by atoms with E-state index >= 15 is 0 Å². The van der Waals surface area contributed by atoms with Gasteiger partial charge in [-0.25, -0.2) is 9.18 Å². The van der Waals surface area contributed by atoms with Crippen LogP contribution in [0.4, 0.5) is 26.2 Å². The molecular formula is C21H18ClFN4OS. The number of amides is 2. The van der Waals surface area contributed by atoms with Crippen LogP contribution in [0.5, 0.6) is 0 Å². The number of benzene rings is 3. The fourth-order valence-electron chi connectivity index (χ4n) is 3.19. The number of carbonyl (C=O) groups is 1. The molecule has 0 radical (unpaired) electrons. The highest BCUT2D eigenvalue weighted by Crippen LogP contribution is 2.49. The van der Waals surface area contributed by atoms with Crippen molar-refractivity contribution in [1.29, 1.82) is 0 Å². The standard InChI is InChI=1S/C21H18ClFN4OS/c22-16-5-3-4-13(12-24)19(16)27-17-6-1-2-7-18(17)29-21(27)26-20(28)25-15-10-8-14(23)9-11-15/h1-11,21H,12,24H2,(H2,25,26,28). The number of thioether (sulfide) groups is 1. The molecule has 0 saturated carbocycles. The largest absolute Gasteiger partial charge is 0.326 e. The van der Waals surface area contributed by atoms with Crippen molar-refractivity contribution < 1.29 is 9.18 Å². The normalized spacial score (nSPS) is 15.1. The molecule has 1 unspecified atom stereocenters. The predicted molar refractivity (Wildman–Crippen MR) is 116 cm³/mol. The van der Waals surface area contributed by atoms with Crippen LogP contribution in [-0.4, -0.2) is 11.5 Å². The van der Waals surface area contributed by atoms with Crippen LogP contribution in [0.2, 0.25) is 5.02 Å². The average molecular weight is 429 g/mol. The van der Waals surface area contributed by atoms with Crippen molar-refractivity contribution in [2.45, 2.75) is 16.9 Å². The van der Waals surface area contributed by atoms with Crippen LogP contribution in [0, 0.1) is 5.82 Å². The van der Waals surface area contributed by atoms with Gasteiger partial charge in [0.15, 0.2) is 5.50 Å². The highest BCUT2D eigenvalue weighted by molar-refractivity contribution is 8.00. The monoisotopic (exact) mass is 428 g/mol. The van der Waals surface area contributed by atoms with Gasteiger partial charge in [0.1, 0.15) is 5.82 Å². The van der Waals surface area contributed by atoms with Crippen molar-refractivity contribution >= 4 is 46.5 Å². The van der Waals surface area contributed by atoms with Gasteiger partial charge in [0.05, 0.1) is 16.4 Å². The van der Waals surface area contributed by atoms with Gasteiger partial charge in [0, 0.05) is 17.1 Å². The van der Waals surface area contributed by atoms with Crippen molar-refractivity contribution in [3.8, 4) is 0 Å². The molecule has 29 heavy (non-hydrogen) atoms. The van der Waals surface area contributed by atoms with E-state index in [4.69, 9.17) is 17.3 Å². The first-order valence-electron chi connectivity index (χ1n) is 8.92. The molecule has 1 aliphatic rings. The molecule has 2 amide bonds. The van der Waals surface area contributed by atoms with Gasteiger partial charge in [-0.3, -0.25) is 0 Å². The summed E-state index contributed by atoms with van der Waals surface area (Å²) in [6, 6.07) is 18.6. The molecule has 5 nitrogen and oxygen atoms in total. The van der Waals surface area contributed by atoms with Gasteiger partial charge in [-0.05, 0) is 48.0 Å². The summed E-state index contributed by atoms with van der Waals surface area (Å²) < 4.78 is 13.1. The van der Waals surface area contributed by atoms with Crippen LogP contribution in [0.3, 0.4) is 0 Å². The molecule has 0 saturated heterocycles. The minimum absolute atomic E-state index is 0.313. The molecule has 0 aliphatic carbocycles. The number of nitrogens with two attached hydrogens (primary N) is 1. The predicted octanol–water partition coefficient (Wildman–Crippen LogP) is 5.29. The van der Waals surface area contributed by atoms with E-state index < -0.39 is 11.5 Å². The summed E-state index contributed by atoms with van der Waals surface area (Å²) in [6.07, 6.45) is 0. The smallest absolute Gasteiger partial charge is 0.321 e. The highest BCUT2D eigenvalue weighted by Gasteiger charge is 2.34. The van der Waals surface area contributed by atoms with Crippen LogP contribution in [-0.2, 0) is 6.54 Å². The minimum Gasteiger partial charge on any atom is -0.326 e. The molecule has 148 valence electrons. The van der Waals surface area contributed by atoms with Crippen LogP contribution >= 0.6 is 23.4 Å². The first-order valence-corrected chi connectivity index (χ1v) is 10.2. The third-order valence-electron chi connectivity index (χ3n) is 4.49. The van der Waals surface area contributed by atoms with Crippen LogP contribution in [0.1, 0.15) is 5.56 Å². The van der Waals surface area contributed by atoms with Crippen molar-refractivity contribution in [1.82, 2.24) is 5.32 Å². The summed E-state index contributed by atoms with van der Waals surface area (Å²) in [7, 11) is 0. The Morgan fingerprint density at radius 1 is 1.10 bits per heavy atom. The lowest BCUT2D eigenvalue weighted by Gasteiger charge is -2.30. The zero-order valence-electron chi connectivity index (χ0n) is 15.2. The molecule has 4 rings (SSSR count). The third kappa shape index (κ3) is 4.03. The zero-order valence-corrected chi connectivity index (χ0v) is 16.8. The Hall–Kier alpha value is -2.74. The molecule has 8 heteroatoms. The lowest BCUT2D eigenvalue weighted by Crippen LogP contribution is -2.44. The second-order valence-electron chi connectivity index (χ2n) is 6.36. The van der Waals surface area contributed by atoms with Gasteiger partial charge in [-0.1, -0.05) is 47.6 Å². The Labute approximate surface area is 177 Å². The van der Waals surface area contributed by atoms with Crippen LogP contribution in [0.15, 0.2) is 71.6 Å². The minimum atomic E-state index is -0.432. The summed E-state index contributed by atoms with van der Waals surface area (Å²) in [5.41, 5.74) is 8.59. The molecule has 0 bridgehead atoms. The highest BCUT2D eigenvalue weighted by atomic mass is 35.5. The third-order valence-corrected chi connectivity index (χ3v) is 5.94. The summed E-state index contributed by atoms with van der Waals surface area (Å²) in [6.45, 7) is 0.313. The van der Waals surface area contributed by atoms with E-state index in [0.29, 0.717) is 17.3 Å². The maximum absolute atomic E-state index is 13.1. The molecule has 1 aliphatic heterocycles. The number of fused-ring (bicyclic) bond motifs is 1. The van der Waals surface area contributed by atoms with E-state index in [1.54, 1.807) is 6.07 Å². The number of para-hydroxylation sites is 2. The maximum Gasteiger partial charge on any atom is 0.321 e. The number of nitrogens with zero attached hydrogens (tertiary/aromatic N) is 1. The summed E-state index contributed by atoms with van der Waals surface area (Å²) >= 11 is 8.03. The van der Waals surface area contributed by atoms with Crippen LogP contribution < -0.4 is 21.3 Å². The number of anilines is 3. The van der Waals surface area contributed by atoms with E-state index in [1.807, 2.05) is 41.3 Å². The number of hydrogen-bond donors (Lipinski definition) is 3. The van der Waals surface area contributed by atoms with Crippen molar-refractivity contribution in [3.63, 3.8) is 0 Å². The lowest BCUT2D eigenvalue weighted by molar-refractivity contribution is 0.251. The molecule has 0 fully saturated rings. The maximum atomic E-state index is 13.1. The Kier molecular flexibility index (Phi) is 5.62. The zero-order chi connectivity index (χ0) is 20.4. The fraction of sp³-hybridized carbons (Fsp3) is 0.0952. The topological polar surface area (TPSA) is 70.4 Å². The van der Waals surface area contributed by atoms with Gasteiger partial charge in [-0.2, -0.15) is 0 Å². The lowest BCUT2D eigenvalue weighted by atomic mass is 10.1. The number of rotatable bonds is 4. The van der Waals surface area contributed by atoms with E-state index in [-0.39, 0.29) is 5.82 Å². The number of urea groups is 1. The molecule has 3 aromatic carbocycles. The van der Waals surface area contributed by atoms with Gasteiger partial charge in [0.25, 0.3) is 0 Å². The van der Waals surface area contributed by atoms with Gasteiger partial charge >= 0.3 is 6.03 Å². The SMILES string of the molecule is NCc1cccc(Cl)c1N1c2ccccc2SC1NC(=O)Nc1ccc(F)cc1. The second-order valence-corrected chi connectivity index (χ2v) is 7.89. The van der Waals surface area contributed by atoms with Crippen molar-refractivity contribution in [2.24, 2.45) is 5.73 Å². The Morgan fingerprint density at radius 2 is 1.86 bits per heavy atom. The van der Waals surface area contributed by atoms with E-state index in [2.05, 4.69) is 10.6 Å². The van der Waals surface area contributed by atoms with Crippen molar-refractivity contribution in [2.75, 3.05) is 10.2 Å². The molecule has 3 aromatic rings. The van der Waals surface area contributed by atoms with Crippen molar-refractivity contribution in [3.05, 3.63) is 83.1 Å². The van der Waals surface area contributed by atoms with E-state index in [1.165, 1.54) is 36.0 Å². The average Bonchev–Trinajstić information content (AvgIpc) is 3.06. The number of halogens is 2. The van der Waals surface area contributed by atoms with Gasteiger partial charge < -0.3 is 21.3 Å². The van der Waals surface area contributed by atoms with Gasteiger partial charge in [0.2, 0.25) is 0 Å². The van der Waals surface area contributed by atoms with Gasteiger partial charge in [-0.15, -0.1) is 0 Å². The summed E-state index contributed by atoms with van der Waals surface area (Å²) in [4.78, 5) is 15.6. The number of nitrogens with one attached hydrogen (secondary N) is 2. The molecule has 1 heterocycles. The number of carbonyl (C=O) groups excluding carboxylic acids is 1. The quantitative estimate of drug-likeness (QED) is 0.528. The first kappa shape index (κ1) is 19.6. The second kappa shape index (κ2) is 8.32. The van der Waals surface area contributed by atoms with Crippen LogP contribution in [0.25, 0.3) is 0 Å². The molecule has 0 spiro atoms. The Bertz CT molecular complexity index is 1050. The molecular weight excluding hydrogens is 411 g/mol. The first-order chi connectivity index (χ1) is 14.1. The van der Waals surface area contributed by atoms with E-state index in [9.17, 15) is 9.18 Å². The molecule has 1 atom stereocenters.